The predicted octanol–water partition coefficient (Wildman–Crippen LogP) is 0.983. The van der Waals surface area contributed by atoms with Crippen LogP contribution in [0.15, 0.2) is 0 Å². The lowest BCUT2D eigenvalue weighted by Gasteiger charge is -2.33. The fourth-order valence-corrected chi connectivity index (χ4v) is 2.26. The van der Waals surface area contributed by atoms with Gasteiger partial charge in [0.15, 0.2) is 0 Å². The maximum Gasteiger partial charge on any atom is 0.403 e. The molecular formula is C8H13F3N2. The summed E-state index contributed by atoms with van der Waals surface area (Å²) < 4.78 is 37.1. The molecule has 3 unspecified atom stereocenters. The molecule has 0 spiro atoms. The van der Waals surface area contributed by atoms with Crippen LogP contribution < -0.4 is 5.32 Å². The van der Waals surface area contributed by atoms with E-state index in [1.54, 1.807) is 4.90 Å². The van der Waals surface area contributed by atoms with Gasteiger partial charge in [0.1, 0.15) is 6.04 Å². The van der Waals surface area contributed by atoms with Gasteiger partial charge in [-0.25, -0.2) is 0 Å². The van der Waals surface area contributed by atoms with Gasteiger partial charge in [0, 0.05) is 25.2 Å². The van der Waals surface area contributed by atoms with Crippen molar-refractivity contribution < 1.29 is 13.2 Å². The van der Waals surface area contributed by atoms with Gasteiger partial charge < -0.3 is 5.32 Å². The SMILES string of the molecule is CC(N1CC2CC1CN2)C(F)(F)F. The number of nitrogens with zero attached hydrogens (tertiary/aromatic N) is 1. The first-order valence-electron chi connectivity index (χ1n) is 4.54. The van der Waals surface area contributed by atoms with E-state index in [2.05, 4.69) is 5.32 Å². The molecule has 3 atom stereocenters. The zero-order valence-corrected chi connectivity index (χ0v) is 7.43. The molecule has 2 aliphatic heterocycles. The molecule has 2 fully saturated rings. The Morgan fingerprint density at radius 3 is 2.54 bits per heavy atom. The van der Waals surface area contributed by atoms with Gasteiger partial charge in [0.05, 0.1) is 0 Å². The molecule has 76 valence electrons. The summed E-state index contributed by atoms with van der Waals surface area (Å²) in [6, 6.07) is -0.902. The van der Waals surface area contributed by atoms with E-state index >= 15 is 0 Å². The normalized spacial score (nSPS) is 36.9. The number of hydrogen-bond donors (Lipinski definition) is 1. The molecule has 1 N–H and O–H groups in total. The molecule has 2 heterocycles. The second kappa shape index (κ2) is 2.85. The van der Waals surface area contributed by atoms with Crippen molar-refractivity contribution in [2.45, 2.75) is 37.6 Å². The van der Waals surface area contributed by atoms with Crippen LogP contribution in [0, 0.1) is 0 Å². The molecule has 0 amide bonds. The van der Waals surface area contributed by atoms with Crippen molar-refractivity contribution in [3.8, 4) is 0 Å². The topological polar surface area (TPSA) is 15.3 Å². The third-order valence-electron chi connectivity index (χ3n) is 3.07. The Bertz CT molecular complexity index is 204. The Morgan fingerprint density at radius 1 is 1.46 bits per heavy atom. The second-order valence-corrected chi connectivity index (χ2v) is 3.91. The quantitative estimate of drug-likeness (QED) is 0.669. The minimum Gasteiger partial charge on any atom is -0.311 e. The predicted molar refractivity (Wildman–Crippen MR) is 42.4 cm³/mol. The zero-order chi connectivity index (χ0) is 9.64. The fraction of sp³-hybridized carbons (Fsp3) is 1.00. The van der Waals surface area contributed by atoms with E-state index < -0.39 is 12.2 Å². The number of likely N-dealkylation sites (tertiary alicyclic amines) is 1. The van der Waals surface area contributed by atoms with E-state index in [1.807, 2.05) is 0 Å². The first-order valence-corrected chi connectivity index (χ1v) is 4.54. The van der Waals surface area contributed by atoms with Gasteiger partial charge in [-0.3, -0.25) is 4.90 Å². The standard InChI is InChI=1S/C8H13F3N2/c1-5(8(9,10)11)13-4-6-2-7(13)3-12-6/h5-7,12H,2-4H2,1H3. The Morgan fingerprint density at radius 2 is 2.15 bits per heavy atom. The highest BCUT2D eigenvalue weighted by molar-refractivity contribution is 5.00. The average molecular weight is 194 g/mol. The Balaban J connectivity index is 2.02. The molecule has 5 heteroatoms. The van der Waals surface area contributed by atoms with Gasteiger partial charge in [-0.1, -0.05) is 0 Å². The molecule has 13 heavy (non-hydrogen) atoms. The van der Waals surface area contributed by atoms with Gasteiger partial charge in [-0.05, 0) is 13.3 Å². The van der Waals surface area contributed by atoms with Crippen molar-refractivity contribution in [3.63, 3.8) is 0 Å². The van der Waals surface area contributed by atoms with Gasteiger partial charge in [0.25, 0.3) is 0 Å². The van der Waals surface area contributed by atoms with Crippen LogP contribution in [0.1, 0.15) is 13.3 Å². The number of hydrogen-bond acceptors (Lipinski definition) is 2. The number of fused-ring (bicyclic) bond motifs is 2. The number of rotatable bonds is 1. The van der Waals surface area contributed by atoms with Crippen molar-refractivity contribution in [3.05, 3.63) is 0 Å². The third-order valence-corrected chi connectivity index (χ3v) is 3.07. The summed E-state index contributed by atoms with van der Waals surface area (Å²) in [5.74, 6) is 0. The number of piperazine rings is 1. The van der Waals surface area contributed by atoms with E-state index in [0.717, 1.165) is 6.42 Å². The highest BCUT2D eigenvalue weighted by Gasteiger charge is 2.48. The Labute approximate surface area is 75.1 Å². The summed E-state index contributed by atoms with van der Waals surface area (Å²) in [6.07, 6.45) is -3.20. The molecule has 0 aliphatic carbocycles. The van der Waals surface area contributed by atoms with Crippen molar-refractivity contribution in [1.29, 1.82) is 0 Å². The number of alkyl halides is 3. The van der Waals surface area contributed by atoms with Crippen LogP contribution in [0.3, 0.4) is 0 Å². The largest absolute Gasteiger partial charge is 0.403 e. The molecule has 2 bridgehead atoms. The van der Waals surface area contributed by atoms with Crippen molar-refractivity contribution >= 4 is 0 Å². The Kier molecular flexibility index (Phi) is 2.03. The van der Waals surface area contributed by atoms with E-state index in [0.29, 0.717) is 13.1 Å². The molecular weight excluding hydrogens is 181 g/mol. The lowest BCUT2D eigenvalue weighted by molar-refractivity contribution is -0.181. The van der Waals surface area contributed by atoms with Crippen LogP contribution in [0.25, 0.3) is 0 Å². The smallest absolute Gasteiger partial charge is 0.311 e. The summed E-state index contributed by atoms with van der Waals surface area (Å²) >= 11 is 0. The molecule has 0 saturated carbocycles. The van der Waals surface area contributed by atoms with Crippen LogP contribution in [-0.4, -0.2) is 42.3 Å². The average Bonchev–Trinajstić information content (AvgIpc) is 2.60. The van der Waals surface area contributed by atoms with E-state index in [-0.39, 0.29) is 12.1 Å². The molecule has 2 nitrogen and oxygen atoms in total. The molecule has 2 aliphatic rings. The van der Waals surface area contributed by atoms with Gasteiger partial charge in [0.2, 0.25) is 0 Å². The maximum atomic E-state index is 12.4. The fourth-order valence-electron chi connectivity index (χ4n) is 2.26. The maximum absolute atomic E-state index is 12.4. The van der Waals surface area contributed by atoms with Crippen molar-refractivity contribution in [2.24, 2.45) is 0 Å². The minimum absolute atomic E-state index is 0.0987. The lowest BCUT2D eigenvalue weighted by Crippen LogP contribution is -2.52. The van der Waals surface area contributed by atoms with Crippen molar-refractivity contribution in [2.75, 3.05) is 13.1 Å². The van der Waals surface area contributed by atoms with Gasteiger partial charge in [-0.2, -0.15) is 13.2 Å². The number of nitrogens with one attached hydrogen (secondary N) is 1. The lowest BCUT2D eigenvalue weighted by atomic mass is 10.2. The molecule has 0 aromatic heterocycles. The van der Waals surface area contributed by atoms with Crippen molar-refractivity contribution in [1.82, 2.24) is 10.2 Å². The molecule has 2 rings (SSSR count). The van der Waals surface area contributed by atoms with E-state index in [9.17, 15) is 13.2 Å². The first-order chi connectivity index (χ1) is 5.98. The van der Waals surface area contributed by atoms with Crippen LogP contribution in [0.4, 0.5) is 13.2 Å². The second-order valence-electron chi connectivity index (χ2n) is 3.91. The van der Waals surface area contributed by atoms with Gasteiger partial charge >= 0.3 is 6.18 Å². The van der Waals surface area contributed by atoms with Crippen LogP contribution in [-0.2, 0) is 0 Å². The van der Waals surface area contributed by atoms with E-state index in [1.165, 1.54) is 6.92 Å². The van der Waals surface area contributed by atoms with Crippen LogP contribution in [0.2, 0.25) is 0 Å². The third kappa shape index (κ3) is 1.55. The highest BCUT2D eigenvalue weighted by Crippen LogP contribution is 2.32. The Hall–Kier alpha value is -0.290. The molecule has 2 saturated heterocycles. The monoisotopic (exact) mass is 194 g/mol. The minimum atomic E-state index is -4.08. The summed E-state index contributed by atoms with van der Waals surface area (Å²) in [6.45, 7) is 2.51. The van der Waals surface area contributed by atoms with E-state index in [4.69, 9.17) is 0 Å². The first kappa shape index (κ1) is 9.27. The summed E-state index contributed by atoms with van der Waals surface area (Å²) in [4.78, 5) is 1.57. The number of halogens is 3. The molecule has 0 radical (unpaired) electrons. The molecule has 0 aromatic carbocycles. The zero-order valence-electron chi connectivity index (χ0n) is 7.43. The molecule has 0 aromatic rings. The summed E-state index contributed by atoms with van der Waals surface area (Å²) in [7, 11) is 0. The summed E-state index contributed by atoms with van der Waals surface area (Å²) in [5.41, 5.74) is 0. The highest BCUT2D eigenvalue weighted by atomic mass is 19.4. The van der Waals surface area contributed by atoms with Gasteiger partial charge in [-0.15, -0.1) is 0 Å². The summed E-state index contributed by atoms with van der Waals surface area (Å²) in [5, 5.41) is 3.18. The van der Waals surface area contributed by atoms with Crippen LogP contribution >= 0.6 is 0 Å². The van der Waals surface area contributed by atoms with Crippen LogP contribution in [0.5, 0.6) is 0 Å².